The first-order valence-electron chi connectivity index (χ1n) is 6.26. The summed E-state index contributed by atoms with van der Waals surface area (Å²) in [4.78, 5) is 0. The second-order valence-electron chi connectivity index (χ2n) is 5.18. The van der Waals surface area contributed by atoms with E-state index < -0.39 is 0 Å². The molecule has 2 rings (SSSR count). The topological polar surface area (TPSA) is 18.5 Å². The van der Waals surface area contributed by atoms with Crippen LogP contribution >= 0.6 is 11.6 Å². The molecule has 0 aromatic heterocycles. The van der Waals surface area contributed by atoms with Crippen molar-refractivity contribution in [3.63, 3.8) is 0 Å². The zero-order chi connectivity index (χ0) is 12.3. The van der Waals surface area contributed by atoms with E-state index in [0.29, 0.717) is 5.92 Å². The van der Waals surface area contributed by atoms with Gasteiger partial charge in [-0.2, -0.15) is 0 Å². The number of rotatable bonds is 4. The highest BCUT2D eigenvalue weighted by molar-refractivity contribution is 6.29. The van der Waals surface area contributed by atoms with E-state index in [9.17, 15) is 0 Å². The van der Waals surface area contributed by atoms with Gasteiger partial charge in [-0.25, -0.2) is 0 Å². The molecule has 1 atom stereocenters. The monoisotopic (exact) mass is 256 g/mol. The van der Waals surface area contributed by atoms with Crippen molar-refractivity contribution in [1.29, 1.82) is 0 Å². The normalized spacial score (nSPS) is 27.1. The highest BCUT2D eigenvalue weighted by Crippen LogP contribution is 2.48. The number of hydrogen-bond acceptors (Lipinski definition) is 2. The third-order valence-electron chi connectivity index (χ3n) is 3.99. The Balaban J connectivity index is 2.29. The minimum Gasteiger partial charge on any atom is -0.384 e. The summed E-state index contributed by atoms with van der Waals surface area (Å²) >= 11 is 6.14. The van der Waals surface area contributed by atoms with Crippen LogP contribution in [0.2, 0.25) is 0 Å². The predicted octanol–water partition coefficient (Wildman–Crippen LogP) is 3.52. The molecule has 3 heteroatoms. The largest absolute Gasteiger partial charge is 0.384 e. The number of fused-ring (bicyclic) bond motifs is 1. The maximum atomic E-state index is 6.14. The standard InChI is InChI=1S/C14H21ClO2/c1-16-9-14(10-17-2)7-3-4-11-8-12(15)5-6-13(11)14/h5-6,11H,3-4,7-10H2,1-2H3. The second kappa shape index (κ2) is 5.55. The van der Waals surface area contributed by atoms with Crippen LogP contribution in [0.5, 0.6) is 0 Å². The molecule has 0 aromatic rings. The number of allylic oxidation sites excluding steroid dienone is 3. The maximum Gasteiger partial charge on any atom is 0.0578 e. The van der Waals surface area contributed by atoms with E-state index in [0.717, 1.165) is 31.1 Å². The smallest absolute Gasteiger partial charge is 0.0578 e. The summed E-state index contributed by atoms with van der Waals surface area (Å²) in [5, 5.41) is 0.976. The third-order valence-corrected chi connectivity index (χ3v) is 4.27. The summed E-state index contributed by atoms with van der Waals surface area (Å²) in [7, 11) is 3.54. The second-order valence-corrected chi connectivity index (χ2v) is 5.66. The molecule has 0 bridgehead atoms. The SMILES string of the molecule is COCC1(COC)CCCC2CC(Cl)=CC=C21. The van der Waals surface area contributed by atoms with Gasteiger partial charge in [-0.15, -0.1) is 0 Å². The Morgan fingerprint density at radius 2 is 2.00 bits per heavy atom. The highest BCUT2D eigenvalue weighted by Gasteiger charge is 2.41. The quantitative estimate of drug-likeness (QED) is 0.766. The Bertz CT molecular complexity index is 322. The molecule has 0 heterocycles. The van der Waals surface area contributed by atoms with Crippen LogP contribution in [0.4, 0.5) is 0 Å². The fourth-order valence-electron chi connectivity index (χ4n) is 3.33. The van der Waals surface area contributed by atoms with E-state index in [2.05, 4.69) is 6.08 Å². The van der Waals surface area contributed by atoms with Crippen molar-refractivity contribution in [3.05, 3.63) is 22.8 Å². The lowest BCUT2D eigenvalue weighted by Crippen LogP contribution is -2.40. The number of hydrogen-bond donors (Lipinski definition) is 0. The van der Waals surface area contributed by atoms with E-state index in [1.807, 2.05) is 6.08 Å². The van der Waals surface area contributed by atoms with Gasteiger partial charge in [-0.1, -0.05) is 29.7 Å². The first-order chi connectivity index (χ1) is 8.22. The van der Waals surface area contributed by atoms with Crippen molar-refractivity contribution in [1.82, 2.24) is 0 Å². The van der Waals surface area contributed by atoms with E-state index in [1.54, 1.807) is 14.2 Å². The van der Waals surface area contributed by atoms with Gasteiger partial charge in [0, 0.05) is 24.7 Å². The molecule has 0 radical (unpaired) electrons. The van der Waals surface area contributed by atoms with Crippen LogP contribution < -0.4 is 0 Å². The molecule has 1 unspecified atom stereocenters. The number of methoxy groups -OCH3 is 2. The van der Waals surface area contributed by atoms with Crippen molar-refractivity contribution in [2.45, 2.75) is 25.7 Å². The Kier molecular flexibility index (Phi) is 4.29. The molecule has 1 fully saturated rings. The van der Waals surface area contributed by atoms with Crippen molar-refractivity contribution in [3.8, 4) is 0 Å². The van der Waals surface area contributed by atoms with E-state index in [1.165, 1.54) is 18.4 Å². The summed E-state index contributed by atoms with van der Waals surface area (Å²) in [5.41, 5.74) is 1.55. The summed E-state index contributed by atoms with van der Waals surface area (Å²) in [6, 6.07) is 0. The lowest BCUT2D eigenvalue weighted by molar-refractivity contribution is 0.0102. The molecule has 96 valence electrons. The molecule has 0 N–H and O–H groups in total. The molecule has 0 saturated heterocycles. The van der Waals surface area contributed by atoms with E-state index in [-0.39, 0.29) is 5.41 Å². The van der Waals surface area contributed by atoms with Gasteiger partial charge in [0.15, 0.2) is 0 Å². The average molecular weight is 257 g/mol. The Labute approximate surface area is 109 Å². The lowest BCUT2D eigenvalue weighted by Gasteiger charge is -2.44. The van der Waals surface area contributed by atoms with Gasteiger partial charge in [-0.3, -0.25) is 0 Å². The van der Waals surface area contributed by atoms with Crippen LogP contribution in [0.15, 0.2) is 22.8 Å². The highest BCUT2D eigenvalue weighted by atomic mass is 35.5. The molecular formula is C14H21ClO2. The van der Waals surface area contributed by atoms with Gasteiger partial charge in [0.05, 0.1) is 13.2 Å². The van der Waals surface area contributed by atoms with Crippen LogP contribution in [0.25, 0.3) is 0 Å². The molecular weight excluding hydrogens is 236 g/mol. The Morgan fingerprint density at radius 3 is 2.65 bits per heavy atom. The summed E-state index contributed by atoms with van der Waals surface area (Å²) in [6.45, 7) is 1.49. The van der Waals surface area contributed by atoms with Gasteiger partial charge in [-0.05, 0) is 31.3 Å². The minimum atomic E-state index is 0.0699. The molecule has 17 heavy (non-hydrogen) atoms. The van der Waals surface area contributed by atoms with Crippen molar-refractivity contribution < 1.29 is 9.47 Å². The molecule has 2 aliphatic carbocycles. The van der Waals surface area contributed by atoms with Crippen LogP contribution in [0.3, 0.4) is 0 Å². The summed E-state index contributed by atoms with van der Waals surface area (Å²) in [5.74, 6) is 0.589. The molecule has 2 aliphatic rings. The number of halogens is 1. The molecule has 0 aliphatic heterocycles. The van der Waals surface area contributed by atoms with Crippen molar-refractivity contribution in [2.75, 3.05) is 27.4 Å². The van der Waals surface area contributed by atoms with E-state index >= 15 is 0 Å². The van der Waals surface area contributed by atoms with Gasteiger partial charge in [0.25, 0.3) is 0 Å². The molecule has 0 amide bonds. The molecule has 0 spiro atoms. The zero-order valence-corrected chi connectivity index (χ0v) is 11.4. The Morgan fingerprint density at radius 1 is 1.29 bits per heavy atom. The first kappa shape index (κ1) is 13.1. The fourth-order valence-corrected chi connectivity index (χ4v) is 3.58. The van der Waals surface area contributed by atoms with Crippen LogP contribution in [0.1, 0.15) is 25.7 Å². The fraction of sp³-hybridized carbons (Fsp3) is 0.714. The van der Waals surface area contributed by atoms with Crippen LogP contribution in [-0.4, -0.2) is 27.4 Å². The van der Waals surface area contributed by atoms with Gasteiger partial charge in [0.2, 0.25) is 0 Å². The Hall–Kier alpha value is -0.310. The van der Waals surface area contributed by atoms with E-state index in [4.69, 9.17) is 21.1 Å². The van der Waals surface area contributed by atoms with Crippen molar-refractivity contribution in [2.24, 2.45) is 11.3 Å². The maximum absolute atomic E-state index is 6.14. The van der Waals surface area contributed by atoms with Crippen LogP contribution in [0, 0.1) is 11.3 Å². The zero-order valence-electron chi connectivity index (χ0n) is 10.7. The summed E-state index contributed by atoms with van der Waals surface area (Å²) < 4.78 is 10.9. The third kappa shape index (κ3) is 2.59. The van der Waals surface area contributed by atoms with Gasteiger partial charge < -0.3 is 9.47 Å². The lowest BCUT2D eigenvalue weighted by atomic mass is 9.64. The molecule has 1 saturated carbocycles. The van der Waals surface area contributed by atoms with Gasteiger partial charge >= 0.3 is 0 Å². The van der Waals surface area contributed by atoms with Crippen LogP contribution in [-0.2, 0) is 9.47 Å². The average Bonchev–Trinajstić information content (AvgIpc) is 2.29. The van der Waals surface area contributed by atoms with Gasteiger partial charge in [0.1, 0.15) is 0 Å². The first-order valence-corrected chi connectivity index (χ1v) is 6.64. The minimum absolute atomic E-state index is 0.0699. The number of ether oxygens (including phenoxy) is 2. The summed E-state index contributed by atoms with van der Waals surface area (Å²) in [6.07, 6.45) is 8.86. The predicted molar refractivity (Wildman–Crippen MR) is 70.2 cm³/mol. The molecule has 2 nitrogen and oxygen atoms in total. The van der Waals surface area contributed by atoms with Crippen molar-refractivity contribution >= 4 is 11.6 Å². The molecule has 0 aromatic carbocycles.